The summed E-state index contributed by atoms with van der Waals surface area (Å²) in [5.74, 6) is -0.00264. The summed E-state index contributed by atoms with van der Waals surface area (Å²) in [6.07, 6.45) is -1.11. The van der Waals surface area contributed by atoms with Crippen molar-refractivity contribution in [3.05, 3.63) is 52.3 Å². The first-order chi connectivity index (χ1) is 13.8. The normalized spacial score (nSPS) is 16.3. The molecular weight excluding hydrogens is 391 g/mol. The zero-order valence-electron chi connectivity index (χ0n) is 18.0. The van der Waals surface area contributed by atoms with Gasteiger partial charge in [0.1, 0.15) is 5.69 Å². The average Bonchev–Trinajstić information content (AvgIpc) is 2.99. The van der Waals surface area contributed by atoms with Crippen molar-refractivity contribution in [2.24, 2.45) is 5.41 Å². The standard InChI is InChI=1S/C23H28F3N3O/c1-13-10-17-16(14(2)21(13)29-20(30)11-22(3,4)5)7-8-18(17)28-15-6-9-19(27-12-15)23(24,25)26/h6,9-10,12,18,28H,7-8,11H2,1-5H3,(H,29,30). The number of aromatic nitrogens is 1. The maximum absolute atomic E-state index is 12.7. The number of aryl methyl sites for hydroxylation is 1. The zero-order valence-corrected chi connectivity index (χ0v) is 18.0. The van der Waals surface area contributed by atoms with Gasteiger partial charge in [0, 0.05) is 12.1 Å². The van der Waals surface area contributed by atoms with Crippen LogP contribution in [0.1, 0.15) is 67.6 Å². The summed E-state index contributed by atoms with van der Waals surface area (Å²) in [7, 11) is 0. The summed E-state index contributed by atoms with van der Waals surface area (Å²) in [6, 6.07) is 4.46. The molecule has 0 saturated carbocycles. The van der Waals surface area contributed by atoms with E-state index in [2.05, 4.69) is 21.7 Å². The molecule has 1 atom stereocenters. The molecule has 0 saturated heterocycles. The fraction of sp³-hybridized carbons (Fsp3) is 0.478. The molecule has 2 N–H and O–H groups in total. The molecule has 1 aromatic carbocycles. The number of pyridine rings is 1. The number of amides is 1. The molecule has 162 valence electrons. The number of anilines is 2. The number of nitrogens with one attached hydrogen (secondary N) is 2. The number of fused-ring (bicyclic) bond motifs is 1. The number of nitrogens with zero attached hydrogens (tertiary/aromatic N) is 1. The summed E-state index contributed by atoms with van der Waals surface area (Å²) in [4.78, 5) is 15.9. The molecule has 2 aromatic rings. The molecule has 0 aliphatic heterocycles. The molecule has 1 aromatic heterocycles. The van der Waals surface area contributed by atoms with Crippen LogP contribution < -0.4 is 10.6 Å². The highest BCUT2D eigenvalue weighted by Gasteiger charge is 2.32. The number of alkyl halides is 3. The lowest BCUT2D eigenvalue weighted by Crippen LogP contribution is -2.21. The Bertz CT molecular complexity index is 944. The van der Waals surface area contributed by atoms with Crippen LogP contribution in [0, 0.1) is 19.3 Å². The van der Waals surface area contributed by atoms with E-state index >= 15 is 0 Å². The monoisotopic (exact) mass is 419 g/mol. The zero-order chi connectivity index (χ0) is 22.3. The number of hydrogen-bond acceptors (Lipinski definition) is 3. The van der Waals surface area contributed by atoms with Crippen LogP contribution in [0.2, 0.25) is 0 Å². The Kier molecular flexibility index (Phi) is 5.85. The minimum Gasteiger partial charge on any atom is -0.377 e. The summed E-state index contributed by atoms with van der Waals surface area (Å²) < 4.78 is 38.1. The Morgan fingerprint density at radius 2 is 1.90 bits per heavy atom. The Balaban J connectivity index is 1.79. The maximum Gasteiger partial charge on any atom is 0.433 e. The van der Waals surface area contributed by atoms with Crippen LogP contribution in [0.25, 0.3) is 0 Å². The van der Waals surface area contributed by atoms with E-state index in [1.54, 1.807) is 0 Å². The second-order valence-corrected chi connectivity index (χ2v) is 9.21. The number of carbonyl (C=O) groups excluding carboxylic acids is 1. The number of hydrogen-bond donors (Lipinski definition) is 2. The second kappa shape index (κ2) is 7.93. The first-order valence-corrected chi connectivity index (χ1v) is 10.1. The number of carbonyl (C=O) groups is 1. The lowest BCUT2D eigenvalue weighted by Gasteiger charge is -2.21. The molecule has 1 heterocycles. The Morgan fingerprint density at radius 1 is 1.20 bits per heavy atom. The fourth-order valence-electron chi connectivity index (χ4n) is 4.00. The van der Waals surface area contributed by atoms with E-state index in [-0.39, 0.29) is 17.4 Å². The van der Waals surface area contributed by atoms with Gasteiger partial charge in [-0.1, -0.05) is 26.8 Å². The number of rotatable bonds is 4. The minimum absolute atomic E-state index is 0.00264. The van der Waals surface area contributed by atoms with Crippen molar-refractivity contribution in [1.82, 2.24) is 4.98 Å². The van der Waals surface area contributed by atoms with Crippen molar-refractivity contribution < 1.29 is 18.0 Å². The van der Waals surface area contributed by atoms with Crippen molar-refractivity contribution in [1.29, 1.82) is 0 Å². The second-order valence-electron chi connectivity index (χ2n) is 9.21. The summed E-state index contributed by atoms with van der Waals surface area (Å²) >= 11 is 0. The first kappa shape index (κ1) is 22.1. The Hall–Kier alpha value is -2.57. The lowest BCUT2D eigenvalue weighted by molar-refractivity contribution is -0.141. The third-order valence-corrected chi connectivity index (χ3v) is 5.35. The molecule has 0 bridgehead atoms. The van der Waals surface area contributed by atoms with Crippen molar-refractivity contribution in [2.75, 3.05) is 10.6 Å². The van der Waals surface area contributed by atoms with Crippen molar-refractivity contribution >= 4 is 17.3 Å². The van der Waals surface area contributed by atoms with Crippen LogP contribution in [0.3, 0.4) is 0 Å². The fourth-order valence-corrected chi connectivity index (χ4v) is 4.00. The van der Waals surface area contributed by atoms with E-state index < -0.39 is 11.9 Å². The first-order valence-electron chi connectivity index (χ1n) is 10.1. The van der Waals surface area contributed by atoms with Crippen molar-refractivity contribution in [3.8, 4) is 0 Å². The van der Waals surface area contributed by atoms with Crippen LogP contribution in [0.5, 0.6) is 0 Å². The van der Waals surface area contributed by atoms with Crippen LogP contribution in [-0.2, 0) is 17.4 Å². The summed E-state index contributed by atoms with van der Waals surface area (Å²) in [5.41, 5.74) is 4.77. The SMILES string of the molecule is Cc1cc2c(c(C)c1NC(=O)CC(C)(C)C)CCC2Nc1ccc(C(F)(F)F)nc1. The van der Waals surface area contributed by atoms with Crippen LogP contribution in [-0.4, -0.2) is 10.9 Å². The van der Waals surface area contributed by atoms with E-state index in [1.807, 2.05) is 34.6 Å². The predicted octanol–water partition coefficient (Wildman–Crippen LogP) is 6.19. The summed E-state index contributed by atoms with van der Waals surface area (Å²) in [6.45, 7) is 10.1. The molecule has 1 aliphatic rings. The van der Waals surface area contributed by atoms with Gasteiger partial charge in [0.2, 0.25) is 5.91 Å². The van der Waals surface area contributed by atoms with E-state index in [0.29, 0.717) is 12.1 Å². The van der Waals surface area contributed by atoms with Gasteiger partial charge >= 0.3 is 6.18 Å². The topological polar surface area (TPSA) is 54.0 Å². The maximum atomic E-state index is 12.7. The molecule has 1 aliphatic carbocycles. The average molecular weight is 419 g/mol. The van der Waals surface area contributed by atoms with Gasteiger partial charge in [0.05, 0.1) is 17.9 Å². The molecule has 0 radical (unpaired) electrons. The van der Waals surface area contributed by atoms with Crippen LogP contribution in [0.15, 0.2) is 24.4 Å². The predicted molar refractivity (Wildman–Crippen MR) is 113 cm³/mol. The third kappa shape index (κ3) is 4.94. The summed E-state index contributed by atoms with van der Waals surface area (Å²) in [5, 5.41) is 6.38. The molecule has 4 nitrogen and oxygen atoms in total. The highest BCUT2D eigenvalue weighted by molar-refractivity contribution is 5.93. The quantitative estimate of drug-likeness (QED) is 0.621. The van der Waals surface area contributed by atoms with E-state index in [4.69, 9.17) is 0 Å². The van der Waals surface area contributed by atoms with Gasteiger partial charge in [0.25, 0.3) is 0 Å². The molecule has 1 unspecified atom stereocenters. The van der Waals surface area contributed by atoms with Gasteiger partial charge in [-0.3, -0.25) is 4.79 Å². The van der Waals surface area contributed by atoms with Gasteiger partial charge in [-0.15, -0.1) is 0 Å². The Labute approximate surface area is 175 Å². The van der Waals surface area contributed by atoms with Crippen LogP contribution in [0.4, 0.5) is 24.5 Å². The van der Waals surface area contributed by atoms with Gasteiger partial charge in [-0.05, 0) is 66.5 Å². The third-order valence-electron chi connectivity index (χ3n) is 5.35. The van der Waals surface area contributed by atoms with E-state index in [1.165, 1.54) is 17.8 Å². The van der Waals surface area contributed by atoms with E-state index in [0.717, 1.165) is 41.3 Å². The smallest absolute Gasteiger partial charge is 0.377 e. The van der Waals surface area contributed by atoms with Crippen molar-refractivity contribution in [2.45, 2.75) is 66.1 Å². The lowest BCUT2D eigenvalue weighted by atomic mass is 9.91. The molecule has 0 fully saturated rings. The van der Waals surface area contributed by atoms with Gasteiger partial charge in [-0.25, -0.2) is 4.98 Å². The van der Waals surface area contributed by atoms with Gasteiger partial charge in [-0.2, -0.15) is 13.2 Å². The largest absolute Gasteiger partial charge is 0.433 e. The molecule has 30 heavy (non-hydrogen) atoms. The van der Waals surface area contributed by atoms with Crippen molar-refractivity contribution in [3.63, 3.8) is 0 Å². The highest BCUT2D eigenvalue weighted by atomic mass is 19.4. The number of benzene rings is 1. The minimum atomic E-state index is -4.44. The Morgan fingerprint density at radius 3 is 2.47 bits per heavy atom. The highest BCUT2D eigenvalue weighted by Crippen LogP contribution is 2.40. The molecule has 3 rings (SSSR count). The van der Waals surface area contributed by atoms with Gasteiger partial charge in [0.15, 0.2) is 0 Å². The molecule has 7 heteroatoms. The van der Waals surface area contributed by atoms with E-state index in [9.17, 15) is 18.0 Å². The molecule has 0 spiro atoms. The van der Waals surface area contributed by atoms with Crippen LogP contribution >= 0.6 is 0 Å². The van der Waals surface area contributed by atoms with Gasteiger partial charge < -0.3 is 10.6 Å². The molecular formula is C23H28F3N3O. The number of halogens is 3. The molecule has 1 amide bonds.